The van der Waals surface area contributed by atoms with Crippen LogP contribution in [0.2, 0.25) is 5.02 Å². The van der Waals surface area contributed by atoms with Gasteiger partial charge in [0.05, 0.1) is 16.8 Å². The molecule has 0 bridgehead atoms. The van der Waals surface area contributed by atoms with Gasteiger partial charge in [0, 0.05) is 18.7 Å². The van der Waals surface area contributed by atoms with Crippen LogP contribution in [0.5, 0.6) is 0 Å². The van der Waals surface area contributed by atoms with Crippen molar-refractivity contribution in [3.63, 3.8) is 0 Å². The second-order valence-electron chi connectivity index (χ2n) is 4.72. The minimum atomic E-state index is -4.44. The van der Waals surface area contributed by atoms with E-state index in [0.717, 1.165) is 30.9 Å². The number of anilines is 1. The average molecular weight is 319 g/mol. The lowest BCUT2D eigenvalue weighted by atomic mass is 10.1. The molecular formula is C14H14ClF3N2O. The predicted octanol–water partition coefficient (Wildman–Crippen LogP) is 4.78. The quantitative estimate of drug-likeness (QED) is 0.862. The number of pyridine rings is 1. The Labute approximate surface area is 125 Å². The van der Waals surface area contributed by atoms with Gasteiger partial charge in [-0.2, -0.15) is 13.2 Å². The zero-order valence-electron chi connectivity index (χ0n) is 11.2. The Bertz CT molecular complexity index is 584. The number of aryl methyl sites for hydroxylation is 1. The number of alkyl halides is 3. The molecule has 0 aliphatic heterocycles. The number of nitrogens with one attached hydrogen (secondary N) is 1. The van der Waals surface area contributed by atoms with E-state index in [2.05, 4.69) is 10.3 Å². The highest BCUT2D eigenvalue weighted by Gasteiger charge is 2.31. The van der Waals surface area contributed by atoms with Crippen LogP contribution in [0, 0.1) is 0 Å². The van der Waals surface area contributed by atoms with Gasteiger partial charge in [0.2, 0.25) is 0 Å². The van der Waals surface area contributed by atoms with Crippen LogP contribution < -0.4 is 5.32 Å². The standard InChI is InChI=1S/C14H14ClF3N2O/c1-9(4-5-11-3-2-6-21-11)20-13-12(15)7-10(8-19-13)14(16,17)18/h2-3,6-9H,4-5H2,1H3,(H,19,20). The molecule has 2 aromatic heterocycles. The van der Waals surface area contributed by atoms with Crippen molar-refractivity contribution in [3.05, 3.63) is 47.0 Å². The Morgan fingerprint density at radius 1 is 1.43 bits per heavy atom. The van der Waals surface area contributed by atoms with Crippen LogP contribution in [0.3, 0.4) is 0 Å². The number of furan rings is 1. The maximum Gasteiger partial charge on any atom is 0.417 e. The van der Waals surface area contributed by atoms with E-state index in [1.807, 2.05) is 19.1 Å². The SMILES string of the molecule is CC(CCc1ccco1)Nc1ncc(C(F)(F)F)cc1Cl. The molecular weight excluding hydrogens is 305 g/mol. The first kappa shape index (κ1) is 15.7. The van der Waals surface area contributed by atoms with Crippen LogP contribution in [0.15, 0.2) is 35.1 Å². The highest BCUT2D eigenvalue weighted by atomic mass is 35.5. The Morgan fingerprint density at radius 3 is 2.76 bits per heavy atom. The molecule has 0 amide bonds. The third kappa shape index (κ3) is 4.39. The normalized spacial score (nSPS) is 13.2. The van der Waals surface area contributed by atoms with Crippen molar-refractivity contribution in [1.82, 2.24) is 4.98 Å². The topological polar surface area (TPSA) is 38.1 Å². The molecule has 0 saturated carbocycles. The number of nitrogens with zero attached hydrogens (tertiary/aromatic N) is 1. The van der Waals surface area contributed by atoms with Gasteiger partial charge in [-0.15, -0.1) is 0 Å². The number of rotatable bonds is 5. The van der Waals surface area contributed by atoms with Crippen LogP contribution >= 0.6 is 11.6 Å². The zero-order valence-corrected chi connectivity index (χ0v) is 12.0. The van der Waals surface area contributed by atoms with Gasteiger partial charge < -0.3 is 9.73 Å². The summed E-state index contributed by atoms with van der Waals surface area (Å²) in [7, 11) is 0. The van der Waals surface area contributed by atoms with Crippen LogP contribution in [-0.4, -0.2) is 11.0 Å². The maximum atomic E-state index is 12.5. The summed E-state index contributed by atoms with van der Waals surface area (Å²) in [4.78, 5) is 3.74. The molecule has 3 nitrogen and oxygen atoms in total. The zero-order chi connectivity index (χ0) is 15.5. The minimum Gasteiger partial charge on any atom is -0.469 e. The van der Waals surface area contributed by atoms with Gasteiger partial charge in [0.25, 0.3) is 0 Å². The Hall–Kier alpha value is -1.69. The smallest absolute Gasteiger partial charge is 0.417 e. The Kier molecular flexibility index (Phi) is 4.77. The molecule has 0 saturated heterocycles. The molecule has 1 N–H and O–H groups in total. The molecule has 114 valence electrons. The monoisotopic (exact) mass is 318 g/mol. The van der Waals surface area contributed by atoms with Crippen molar-refractivity contribution in [1.29, 1.82) is 0 Å². The number of hydrogen-bond acceptors (Lipinski definition) is 3. The van der Waals surface area contributed by atoms with Gasteiger partial charge in [-0.3, -0.25) is 0 Å². The maximum absolute atomic E-state index is 12.5. The Morgan fingerprint density at radius 2 is 2.19 bits per heavy atom. The Balaban J connectivity index is 1.96. The van der Waals surface area contributed by atoms with Crippen LogP contribution in [-0.2, 0) is 12.6 Å². The van der Waals surface area contributed by atoms with E-state index in [9.17, 15) is 13.2 Å². The summed E-state index contributed by atoms with van der Waals surface area (Å²) >= 11 is 5.84. The third-order valence-corrected chi connectivity index (χ3v) is 3.24. The van der Waals surface area contributed by atoms with Gasteiger partial charge >= 0.3 is 6.18 Å². The van der Waals surface area contributed by atoms with Gasteiger partial charge in [-0.1, -0.05) is 11.6 Å². The van der Waals surface area contributed by atoms with Crippen LogP contribution in [0.25, 0.3) is 0 Å². The van der Waals surface area contributed by atoms with Gasteiger partial charge in [-0.25, -0.2) is 4.98 Å². The molecule has 0 aliphatic rings. The summed E-state index contributed by atoms with van der Waals surface area (Å²) in [6.45, 7) is 1.90. The molecule has 0 spiro atoms. The molecule has 1 atom stereocenters. The minimum absolute atomic E-state index is 0.00293. The molecule has 7 heteroatoms. The number of halogens is 4. The number of aromatic nitrogens is 1. The summed E-state index contributed by atoms with van der Waals surface area (Å²) in [6.07, 6.45) is -0.610. The lowest BCUT2D eigenvalue weighted by Gasteiger charge is -2.16. The van der Waals surface area contributed by atoms with E-state index in [1.165, 1.54) is 0 Å². The molecule has 0 aliphatic carbocycles. The lowest BCUT2D eigenvalue weighted by Crippen LogP contribution is -2.17. The highest BCUT2D eigenvalue weighted by Crippen LogP contribution is 2.32. The fraction of sp³-hybridized carbons (Fsp3) is 0.357. The summed E-state index contributed by atoms with van der Waals surface area (Å²) in [6, 6.07) is 4.55. The largest absolute Gasteiger partial charge is 0.469 e. The first-order valence-corrected chi connectivity index (χ1v) is 6.75. The van der Waals surface area contributed by atoms with E-state index < -0.39 is 11.7 Å². The first-order valence-electron chi connectivity index (χ1n) is 6.38. The van der Waals surface area contributed by atoms with Crippen LogP contribution in [0.1, 0.15) is 24.7 Å². The summed E-state index contributed by atoms with van der Waals surface area (Å²) < 4.78 is 42.7. The molecule has 0 aromatic carbocycles. The van der Waals surface area contributed by atoms with Crippen LogP contribution in [0.4, 0.5) is 19.0 Å². The van der Waals surface area contributed by atoms with Crippen molar-refractivity contribution >= 4 is 17.4 Å². The van der Waals surface area contributed by atoms with E-state index in [1.54, 1.807) is 6.26 Å². The van der Waals surface area contributed by atoms with E-state index in [4.69, 9.17) is 16.0 Å². The molecule has 2 aromatic rings. The van der Waals surface area contributed by atoms with Gasteiger partial charge in [0.15, 0.2) is 0 Å². The first-order chi connectivity index (χ1) is 9.86. The lowest BCUT2D eigenvalue weighted by molar-refractivity contribution is -0.137. The summed E-state index contributed by atoms with van der Waals surface area (Å²) in [5.41, 5.74) is -0.860. The second-order valence-corrected chi connectivity index (χ2v) is 5.12. The second kappa shape index (κ2) is 6.39. The predicted molar refractivity (Wildman–Crippen MR) is 74.4 cm³/mol. The third-order valence-electron chi connectivity index (χ3n) is 2.96. The van der Waals surface area contributed by atoms with E-state index in [-0.39, 0.29) is 16.9 Å². The fourth-order valence-corrected chi connectivity index (χ4v) is 2.04. The molecule has 0 radical (unpaired) electrons. The van der Waals surface area contributed by atoms with Gasteiger partial charge in [0.1, 0.15) is 11.6 Å². The van der Waals surface area contributed by atoms with Crippen molar-refractivity contribution in [2.75, 3.05) is 5.32 Å². The fourth-order valence-electron chi connectivity index (χ4n) is 1.82. The van der Waals surface area contributed by atoms with E-state index >= 15 is 0 Å². The average Bonchev–Trinajstić information content (AvgIpc) is 2.91. The molecule has 2 rings (SSSR count). The molecule has 0 fully saturated rings. The highest BCUT2D eigenvalue weighted by molar-refractivity contribution is 6.32. The molecule has 21 heavy (non-hydrogen) atoms. The summed E-state index contributed by atoms with van der Waals surface area (Å²) in [5.74, 6) is 1.10. The van der Waals surface area contributed by atoms with E-state index in [0.29, 0.717) is 0 Å². The molecule has 2 heterocycles. The van der Waals surface area contributed by atoms with Gasteiger partial charge in [-0.05, 0) is 31.5 Å². The van der Waals surface area contributed by atoms with Crippen molar-refractivity contribution < 1.29 is 17.6 Å². The summed E-state index contributed by atoms with van der Waals surface area (Å²) in [5, 5.41) is 2.95. The number of hydrogen-bond donors (Lipinski definition) is 1. The molecule has 1 unspecified atom stereocenters. The van der Waals surface area contributed by atoms with Crippen molar-refractivity contribution in [3.8, 4) is 0 Å². The van der Waals surface area contributed by atoms with Crippen molar-refractivity contribution in [2.45, 2.75) is 32.0 Å². The van der Waals surface area contributed by atoms with Crippen molar-refractivity contribution in [2.24, 2.45) is 0 Å².